The van der Waals surface area contributed by atoms with Crippen molar-refractivity contribution in [2.45, 2.75) is 13.0 Å². The molecule has 1 aromatic carbocycles. The van der Waals surface area contributed by atoms with E-state index in [1.807, 2.05) is 12.1 Å². The molecule has 0 fully saturated rings. The molecule has 6 nitrogen and oxygen atoms in total. The summed E-state index contributed by atoms with van der Waals surface area (Å²) in [6.45, 7) is 1.64. The molecule has 7 heteroatoms. The van der Waals surface area contributed by atoms with Crippen LogP contribution in [-0.2, 0) is 9.53 Å². The molecular weight excluding hydrogens is 268 g/mol. The van der Waals surface area contributed by atoms with Crippen LogP contribution in [0.2, 0.25) is 5.02 Å². The van der Waals surface area contributed by atoms with Crippen molar-refractivity contribution < 1.29 is 9.53 Å². The van der Waals surface area contributed by atoms with Crippen molar-refractivity contribution in [1.29, 1.82) is 0 Å². The van der Waals surface area contributed by atoms with Crippen LogP contribution in [0.25, 0.3) is 11.4 Å². The van der Waals surface area contributed by atoms with Crippen molar-refractivity contribution in [2.75, 3.05) is 12.4 Å². The third-order valence-electron chi connectivity index (χ3n) is 2.54. The number of hydrogen-bond donors (Lipinski definition) is 2. The standard InChI is InChI=1S/C12H13ClN4O2/c1-7(19-2)11(18)15-12-14-10(16-17-12)8-4-3-5-9(13)6-8/h3-7H,1-2H3,(H2,14,15,16,17,18)/t7-/m0/s1. The Morgan fingerprint density at radius 2 is 2.32 bits per heavy atom. The molecule has 0 saturated carbocycles. The van der Waals surface area contributed by atoms with Gasteiger partial charge in [0.1, 0.15) is 6.10 Å². The largest absolute Gasteiger partial charge is 0.372 e. The first-order valence-corrected chi connectivity index (χ1v) is 6.00. The summed E-state index contributed by atoms with van der Waals surface area (Å²) in [6.07, 6.45) is -0.562. The maximum Gasteiger partial charge on any atom is 0.255 e. The fourth-order valence-electron chi connectivity index (χ4n) is 1.40. The van der Waals surface area contributed by atoms with E-state index in [9.17, 15) is 4.79 Å². The number of aromatic nitrogens is 3. The number of hydrogen-bond acceptors (Lipinski definition) is 4. The van der Waals surface area contributed by atoms with Crippen LogP contribution < -0.4 is 5.32 Å². The molecule has 2 aromatic rings. The molecule has 1 aromatic heterocycles. The lowest BCUT2D eigenvalue weighted by Gasteiger charge is -2.06. The fraction of sp³-hybridized carbons (Fsp3) is 0.250. The van der Waals surface area contributed by atoms with Crippen LogP contribution in [0, 0.1) is 0 Å². The molecule has 0 spiro atoms. The lowest BCUT2D eigenvalue weighted by molar-refractivity contribution is -0.124. The molecule has 1 heterocycles. The van der Waals surface area contributed by atoms with Gasteiger partial charge in [-0.25, -0.2) is 0 Å². The van der Waals surface area contributed by atoms with E-state index in [2.05, 4.69) is 20.5 Å². The number of halogens is 1. The van der Waals surface area contributed by atoms with Crippen LogP contribution in [0.1, 0.15) is 6.92 Å². The summed E-state index contributed by atoms with van der Waals surface area (Å²) in [5, 5.41) is 9.80. The predicted molar refractivity (Wildman–Crippen MR) is 71.9 cm³/mol. The Hall–Kier alpha value is -1.92. The van der Waals surface area contributed by atoms with Gasteiger partial charge in [-0.1, -0.05) is 23.7 Å². The number of carbonyl (C=O) groups excluding carboxylic acids is 1. The van der Waals surface area contributed by atoms with Gasteiger partial charge in [-0.05, 0) is 19.1 Å². The quantitative estimate of drug-likeness (QED) is 0.899. The van der Waals surface area contributed by atoms with E-state index in [1.165, 1.54) is 7.11 Å². The molecule has 19 heavy (non-hydrogen) atoms. The highest BCUT2D eigenvalue weighted by Crippen LogP contribution is 2.19. The Bertz CT molecular complexity index is 585. The topological polar surface area (TPSA) is 79.9 Å². The molecule has 0 bridgehead atoms. The van der Waals surface area contributed by atoms with Crippen molar-refractivity contribution in [3.8, 4) is 11.4 Å². The number of anilines is 1. The zero-order valence-corrected chi connectivity index (χ0v) is 11.2. The summed E-state index contributed by atoms with van der Waals surface area (Å²) in [4.78, 5) is 15.8. The molecule has 0 aliphatic rings. The molecule has 2 rings (SSSR count). The lowest BCUT2D eigenvalue weighted by atomic mass is 10.2. The second-order valence-electron chi connectivity index (χ2n) is 3.89. The van der Waals surface area contributed by atoms with E-state index < -0.39 is 6.10 Å². The van der Waals surface area contributed by atoms with Crippen molar-refractivity contribution in [3.05, 3.63) is 29.3 Å². The second kappa shape index (κ2) is 5.81. The maximum atomic E-state index is 11.6. The first-order valence-electron chi connectivity index (χ1n) is 5.62. The van der Waals surface area contributed by atoms with Crippen molar-refractivity contribution in [3.63, 3.8) is 0 Å². The first-order chi connectivity index (χ1) is 9.10. The third kappa shape index (κ3) is 3.30. The summed E-state index contributed by atoms with van der Waals surface area (Å²) in [6, 6.07) is 7.18. The first kappa shape index (κ1) is 13.5. The van der Waals surface area contributed by atoms with Crippen molar-refractivity contribution in [1.82, 2.24) is 15.2 Å². The number of nitrogens with zero attached hydrogens (tertiary/aromatic N) is 2. The normalized spacial score (nSPS) is 12.2. The van der Waals surface area contributed by atoms with Crippen molar-refractivity contribution >= 4 is 23.5 Å². The van der Waals surface area contributed by atoms with E-state index in [1.54, 1.807) is 19.1 Å². The van der Waals surface area contributed by atoms with Gasteiger partial charge in [0.25, 0.3) is 5.91 Å². The van der Waals surface area contributed by atoms with Gasteiger partial charge in [0.2, 0.25) is 5.95 Å². The number of methoxy groups -OCH3 is 1. The summed E-state index contributed by atoms with van der Waals surface area (Å²) in [5.41, 5.74) is 0.792. The van der Waals surface area contributed by atoms with Gasteiger partial charge in [0.15, 0.2) is 5.82 Å². The minimum atomic E-state index is -0.562. The Balaban J connectivity index is 2.13. The average Bonchev–Trinajstić information content (AvgIpc) is 2.86. The average molecular weight is 281 g/mol. The van der Waals surface area contributed by atoms with Gasteiger partial charge in [-0.15, -0.1) is 5.10 Å². The highest BCUT2D eigenvalue weighted by atomic mass is 35.5. The molecule has 1 amide bonds. The molecule has 0 aliphatic carbocycles. The van der Waals surface area contributed by atoms with Crippen LogP contribution in [0.15, 0.2) is 24.3 Å². The molecule has 0 radical (unpaired) electrons. The van der Waals surface area contributed by atoms with Gasteiger partial charge in [-0.3, -0.25) is 15.2 Å². The zero-order valence-electron chi connectivity index (χ0n) is 10.5. The maximum absolute atomic E-state index is 11.6. The Labute approximate surface area is 115 Å². The lowest BCUT2D eigenvalue weighted by Crippen LogP contribution is -2.27. The Morgan fingerprint density at radius 3 is 3.00 bits per heavy atom. The SMILES string of the molecule is CO[C@@H](C)C(=O)Nc1n[nH]c(-c2cccc(Cl)c2)n1. The number of H-pyrrole nitrogens is 1. The molecule has 100 valence electrons. The molecule has 0 saturated heterocycles. The number of carbonyl (C=O) groups is 1. The number of aromatic amines is 1. The monoisotopic (exact) mass is 280 g/mol. The van der Waals surface area contributed by atoms with Gasteiger partial charge in [0, 0.05) is 17.7 Å². The summed E-state index contributed by atoms with van der Waals surface area (Å²) in [7, 11) is 1.46. The second-order valence-corrected chi connectivity index (χ2v) is 4.32. The van der Waals surface area contributed by atoms with Crippen LogP contribution in [0.3, 0.4) is 0 Å². The number of rotatable bonds is 4. The predicted octanol–water partition coefficient (Wildman–Crippen LogP) is 2.10. The van der Waals surface area contributed by atoms with Crippen molar-refractivity contribution in [2.24, 2.45) is 0 Å². The highest BCUT2D eigenvalue weighted by molar-refractivity contribution is 6.30. The Morgan fingerprint density at radius 1 is 1.53 bits per heavy atom. The van der Waals surface area contributed by atoms with Crippen LogP contribution in [0.4, 0.5) is 5.95 Å². The van der Waals surface area contributed by atoms with Gasteiger partial charge in [-0.2, -0.15) is 4.98 Å². The molecule has 1 atom stereocenters. The van der Waals surface area contributed by atoms with E-state index in [-0.39, 0.29) is 11.9 Å². The molecular formula is C12H13ClN4O2. The number of ether oxygens (including phenoxy) is 1. The minimum absolute atomic E-state index is 0.198. The zero-order chi connectivity index (χ0) is 13.8. The van der Waals surface area contributed by atoms with Gasteiger partial charge >= 0.3 is 0 Å². The summed E-state index contributed by atoms with van der Waals surface area (Å²) >= 11 is 5.90. The number of nitrogens with one attached hydrogen (secondary N) is 2. The molecule has 0 aliphatic heterocycles. The number of amides is 1. The highest BCUT2D eigenvalue weighted by Gasteiger charge is 2.14. The van der Waals surface area contributed by atoms with E-state index in [4.69, 9.17) is 16.3 Å². The van der Waals surface area contributed by atoms with Gasteiger partial charge in [0.05, 0.1) is 0 Å². The fourth-order valence-corrected chi connectivity index (χ4v) is 1.59. The Kier molecular flexibility index (Phi) is 4.13. The molecule has 2 N–H and O–H groups in total. The van der Waals surface area contributed by atoms with E-state index in [0.717, 1.165) is 5.56 Å². The van der Waals surface area contributed by atoms with Crippen LogP contribution in [0.5, 0.6) is 0 Å². The van der Waals surface area contributed by atoms with E-state index in [0.29, 0.717) is 10.8 Å². The summed E-state index contributed by atoms with van der Waals surface area (Å²) < 4.78 is 4.90. The van der Waals surface area contributed by atoms with Gasteiger partial charge < -0.3 is 4.74 Å². The van der Waals surface area contributed by atoms with Crippen LogP contribution >= 0.6 is 11.6 Å². The molecule has 0 unspecified atom stereocenters. The van der Waals surface area contributed by atoms with Crippen LogP contribution in [-0.4, -0.2) is 34.3 Å². The number of benzene rings is 1. The minimum Gasteiger partial charge on any atom is -0.372 e. The summed E-state index contributed by atoms with van der Waals surface area (Å²) in [5.74, 6) is 0.422. The smallest absolute Gasteiger partial charge is 0.255 e. The third-order valence-corrected chi connectivity index (χ3v) is 2.78. The van der Waals surface area contributed by atoms with E-state index >= 15 is 0 Å².